The monoisotopic (exact) mass is 1350 g/mol. The van der Waals surface area contributed by atoms with Crippen molar-refractivity contribution in [1.82, 2.24) is 0 Å². The normalized spacial score (nSPS) is 14.7. The molecule has 0 saturated carbocycles. The van der Waals surface area contributed by atoms with Gasteiger partial charge in [0.05, 0.1) is 26.4 Å². The van der Waals surface area contributed by atoms with Crippen molar-refractivity contribution in [2.24, 2.45) is 17.8 Å². The number of unbranched alkanes of at least 4 members (excludes halogenated alkanes) is 37. The van der Waals surface area contributed by atoms with E-state index in [-0.39, 0.29) is 25.7 Å². The highest BCUT2D eigenvalue weighted by molar-refractivity contribution is 7.47. The smallest absolute Gasteiger partial charge is 0.462 e. The summed E-state index contributed by atoms with van der Waals surface area (Å²) >= 11 is 0. The van der Waals surface area contributed by atoms with Gasteiger partial charge in [-0.1, -0.05) is 318 Å². The van der Waals surface area contributed by atoms with Crippen LogP contribution in [-0.4, -0.2) is 96.7 Å². The molecule has 3 N–H and O–H groups in total. The van der Waals surface area contributed by atoms with E-state index in [1.165, 1.54) is 180 Å². The van der Waals surface area contributed by atoms with Gasteiger partial charge >= 0.3 is 39.5 Å². The number of hydrogen-bond donors (Lipinski definition) is 3. The zero-order valence-corrected chi connectivity index (χ0v) is 61.8. The number of ether oxygens (including phenoxy) is 4. The Morgan fingerprint density at radius 3 is 0.826 bits per heavy atom. The lowest BCUT2D eigenvalue weighted by atomic mass is 9.99. The van der Waals surface area contributed by atoms with E-state index in [0.717, 1.165) is 108 Å². The Labute approximate surface area is 562 Å². The van der Waals surface area contributed by atoms with Crippen LogP contribution in [-0.2, 0) is 65.4 Å². The van der Waals surface area contributed by atoms with E-state index in [2.05, 4.69) is 48.5 Å². The second-order valence-electron chi connectivity index (χ2n) is 27.3. The molecular formula is C73H142O17P2. The van der Waals surface area contributed by atoms with Crippen LogP contribution in [0.2, 0.25) is 0 Å². The molecule has 0 amide bonds. The molecule has 7 atom stereocenters. The van der Waals surface area contributed by atoms with Crippen LogP contribution >= 0.6 is 15.6 Å². The van der Waals surface area contributed by atoms with Crippen LogP contribution in [0.1, 0.15) is 370 Å². The number of phosphoric ester groups is 2. The van der Waals surface area contributed by atoms with Crippen LogP contribution in [0, 0.1) is 17.8 Å². The van der Waals surface area contributed by atoms with Crippen molar-refractivity contribution in [3.05, 3.63) is 0 Å². The van der Waals surface area contributed by atoms with Gasteiger partial charge in [0.25, 0.3) is 0 Å². The average Bonchev–Trinajstić information content (AvgIpc) is 2.41. The highest BCUT2D eigenvalue weighted by Crippen LogP contribution is 2.45. The lowest BCUT2D eigenvalue weighted by Gasteiger charge is -2.21. The molecule has 0 spiro atoms. The number of aliphatic hydroxyl groups excluding tert-OH is 1. The van der Waals surface area contributed by atoms with E-state index in [1.807, 2.05) is 0 Å². The minimum atomic E-state index is -4.95. The summed E-state index contributed by atoms with van der Waals surface area (Å²) in [5, 5.41) is 10.6. The minimum Gasteiger partial charge on any atom is -0.462 e. The zero-order valence-electron chi connectivity index (χ0n) is 60.0. The Morgan fingerprint density at radius 1 is 0.315 bits per heavy atom. The van der Waals surface area contributed by atoms with Crippen LogP contribution < -0.4 is 0 Å². The van der Waals surface area contributed by atoms with Gasteiger partial charge in [-0.25, -0.2) is 9.13 Å². The lowest BCUT2D eigenvalue weighted by Crippen LogP contribution is -2.30. The Bertz CT molecular complexity index is 1810. The molecule has 0 aromatic heterocycles. The predicted octanol–water partition coefficient (Wildman–Crippen LogP) is 21.0. The van der Waals surface area contributed by atoms with Crippen LogP contribution in [0.4, 0.5) is 0 Å². The standard InChI is InChI=1S/C73H142O17P2/c1-8-11-12-13-14-15-20-24-33-40-47-54-70(75)83-60-69(90-73(78)57-50-43-36-28-26-30-37-44-51-64(4)5)63-88-92(81,82)86-59-67(74)58-85-91(79,80)87-62-68(61-84-71(76)55-48-41-34-29-27-32-39-46-53-66(7)10-3)89-72(77)56-49-42-35-25-22-19-17-16-18-21-23-31-38-45-52-65(6)9-2/h64-69,74H,8-63H2,1-7H3,(H,79,80)(H,81,82)/t65?,66?,67-,68-,69-/m1/s1. The van der Waals surface area contributed by atoms with Crippen LogP contribution in [0.15, 0.2) is 0 Å². The van der Waals surface area contributed by atoms with E-state index in [4.69, 9.17) is 37.0 Å². The number of phosphoric acid groups is 2. The highest BCUT2D eigenvalue weighted by atomic mass is 31.2. The first-order chi connectivity index (χ1) is 44.3. The minimum absolute atomic E-state index is 0.104. The number of carbonyl (C=O) groups excluding carboxylic acids is 4. The molecule has 0 heterocycles. The molecule has 0 bridgehead atoms. The van der Waals surface area contributed by atoms with Crippen molar-refractivity contribution in [1.29, 1.82) is 0 Å². The second kappa shape index (κ2) is 63.8. The van der Waals surface area contributed by atoms with Crippen molar-refractivity contribution >= 4 is 39.5 Å². The molecule has 17 nitrogen and oxygen atoms in total. The maximum atomic E-state index is 13.1. The lowest BCUT2D eigenvalue weighted by molar-refractivity contribution is -0.161. The van der Waals surface area contributed by atoms with Gasteiger partial charge in [-0.3, -0.25) is 37.3 Å². The summed E-state index contributed by atoms with van der Waals surface area (Å²) < 4.78 is 68.4. The van der Waals surface area contributed by atoms with Crippen molar-refractivity contribution in [3.8, 4) is 0 Å². The van der Waals surface area contributed by atoms with Crippen LogP contribution in [0.5, 0.6) is 0 Å². The molecule has 0 saturated heterocycles. The van der Waals surface area contributed by atoms with Crippen molar-refractivity contribution in [3.63, 3.8) is 0 Å². The molecular weight excluding hydrogens is 1210 g/mol. The predicted molar refractivity (Wildman–Crippen MR) is 372 cm³/mol. The maximum absolute atomic E-state index is 13.1. The Morgan fingerprint density at radius 2 is 0.554 bits per heavy atom. The third-order valence-corrected chi connectivity index (χ3v) is 19.5. The SMILES string of the molecule is CCCCCCCCCCCCCC(=O)OC[C@H](COP(=O)(O)OC[C@H](O)COP(=O)(O)OC[C@@H](COC(=O)CCCCCCCCCCC(C)CC)OC(=O)CCCCCCCCCCCCCCCCC(C)CC)OC(=O)CCCCCCCCCCC(C)C. The molecule has 4 unspecified atom stereocenters. The highest BCUT2D eigenvalue weighted by Gasteiger charge is 2.30. The van der Waals surface area contributed by atoms with Gasteiger partial charge in [-0.2, -0.15) is 0 Å². The summed E-state index contributed by atoms with van der Waals surface area (Å²) in [5.74, 6) is 0.218. The van der Waals surface area contributed by atoms with E-state index < -0.39 is 97.5 Å². The van der Waals surface area contributed by atoms with Crippen molar-refractivity contribution < 1.29 is 80.2 Å². The molecule has 0 aromatic rings. The second-order valence-corrected chi connectivity index (χ2v) is 30.2. The number of esters is 4. The fraction of sp³-hybridized carbons (Fsp3) is 0.945. The fourth-order valence-electron chi connectivity index (χ4n) is 11.0. The molecule has 0 aliphatic carbocycles. The summed E-state index contributed by atoms with van der Waals surface area (Å²) in [6.45, 7) is 11.9. The maximum Gasteiger partial charge on any atom is 0.472 e. The third-order valence-electron chi connectivity index (χ3n) is 17.6. The van der Waals surface area contributed by atoms with Crippen LogP contribution in [0.25, 0.3) is 0 Å². The Balaban J connectivity index is 5.24. The number of carbonyl (C=O) groups is 4. The van der Waals surface area contributed by atoms with Gasteiger partial charge in [-0.05, 0) is 43.4 Å². The zero-order chi connectivity index (χ0) is 68.0. The number of hydrogen-bond acceptors (Lipinski definition) is 15. The van der Waals surface area contributed by atoms with Gasteiger partial charge in [0, 0.05) is 25.7 Å². The van der Waals surface area contributed by atoms with Crippen molar-refractivity contribution in [2.75, 3.05) is 39.6 Å². The molecule has 92 heavy (non-hydrogen) atoms. The summed E-state index contributed by atoms with van der Waals surface area (Å²) in [7, 11) is -9.91. The summed E-state index contributed by atoms with van der Waals surface area (Å²) in [4.78, 5) is 72.7. The van der Waals surface area contributed by atoms with Gasteiger partial charge in [0.2, 0.25) is 0 Å². The fourth-order valence-corrected chi connectivity index (χ4v) is 12.6. The first kappa shape index (κ1) is 90.1. The first-order valence-electron chi connectivity index (χ1n) is 37.9. The Kier molecular flexibility index (Phi) is 62.4. The van der Waals surface area contributed by atoms with Crippen LogP contribution in [0.3, 0.4) is 0 Å². The summed E-state index contributed by atoms with van der Waals surface area (Å²) in [6, 6.07) is 0. The van der Waals surface area contributed by atoms with Crippen molar-refractivity contribution in [2.45, 2.75) is 388 Å². The van der Waals surface area contributed by atoms with Gasteiger partial charge in [0.1, 0.15) is 19.3 Å². The topological polar surface area (TPSA) is 237 Å². The quantitative estimate of drug-likeness (QED) is 0.0222. The Hall–Kier alpha value is -1.94. The van der Waals surface area contributed by atoms with E-state index in [0.29, 0.717) is 25.7 Å². The molecule has 0 aliphatic heterocycles. The summed E-state index contributed by atoms with van der Waals surface area (Å²) in [5.41, 5.74) is 0. The van der Waals surface area contributed by atoms with E-state index in [1.54, 1.807) is 0 Å². The molecule has 0 rings (SSSR count). The molecule has 0 aromatic carbocycles. The van der Waals surface area contributed by atoms with Gasteiger partial charge < -0.3 is 33.8 Å². The molecule has 0 radical (unpaired) electrons. The summed E-state index contributed by atoms with van der Waals surface area (Å²) in [6.07, 6.45) is 48.4. The largest absolute Gasteiger partial charge is 0.472 e. The number of aliphatic hydroxyl groups is 1. The molecule has 19 heteroatoms. The third kappa shape index (κ3) is 64.1. The van der Waals surface area contributed by atoms with Gasteiger partial charge in [-0.15, -0.1) is 0 Å². The van der Waals surface area contributed by atoms with E-state index in [9.17, 15) is 43.2 Å². The van der Waals surface area contributed by atoms with Gasteiger partial charge in [0.15, 0.2) is 12.2 Å². The average molecular weight is 1350 g/mol. The molecule has 0 fully saturated rings. The number of rotatable bonds is 71. The molecule has 546 valence electrons. The first-order valence-corrected chi connectivity index (χ1v) is 40.9. The molecule has 0 aliphatic rings. The van der Waals surface area contributed by atoms with E-state index >= 15 is 0 Å².